The number of benzene rings is 2. The van der Waals surface area contributed by atoms with E-state index in [2.05, 4.69) is 67.6 Å². The van der Waals surface area contributed by atoms with Crippen LogP contribution in [0.25, 0.3) is 5.70 Å². The number of quaternary nitrogens is 1. The van der Waals surface area contributed by atoms with Gasteiger partial charge in [0.05, 0.1) is 37.8 Å². The summed E-state index contributed by atoms with van der Waals surface area (Å²) in [6.07, 6.45) is 6.61. The monoisotopic (exact) mass is 518 g/mol. The number of carbonyl (C=O) groups excluding carboxylic acids is 1. The van der Waals surface area contributed by atoms with E-state index in [4.69, 9.17) is 0 Å². The largest absolute Gasteiger partial charge is 0.335 e. The van der Waals surface area contributed by atoms with Crippen molar-refractivity contribution in [3.05, 3.63) is 74.7 Å². The summed E-state index contributed by atoms with van der Waals surface area (Å²) in [6.45, 7) is 3.30. The molecule has 2 heterocycles. The minimum absolute atomic E-state index is 0.106. The molecule has 152 valence electrons. The maximum atomic E-state index is 13.2. The molecule has 0 unspecified atom stereocenters. The molecular weight excluding hydrogens is 494 g/mol. The SMILES string of the molecule is O=C(CC[NH+]1CCCCC1)N1NC(c2ccc(Br)cc2)=C[C@@H]1c1ccc(Br)cc1. The molecule has 6 heteroatoms. The number of halogens is 2. The average Bonchev–Trinajstić information content (AvgIpc) is 3.19. The van der Waals surface area contributed by atoms with Gasteiger partial charge in [0.25, 0.3) is 0 Å². The van der Waals surface area contributed by atoms with Gasteiger partial charge in [0.15, 0.2) is 0 Å². The highest BCUT2D eigenvalue weighted by Crippen LogP contribution is 2.32. The quantitative estimate of drug-likeness (QED) is 0.624. The van der Waals surface area contributed by atoms with Crippen molar-refractivity contribution < 1.29 is 9.69 Å². The van der Waals surface area contributed by atoms with Gasteiger partial charge in [-0.3, -0.25) is 10.2 Å². The first-order valence-corrected chi connectivity index (χ1v) is 11.8. The molecule has 4 nitrogen and oxygen atoms in total. The third-order valence-corrected chi connectivity index (χ3v) is 6.79. The van der Waals surface area contributed by atoms with Crippen LogP contribution in [-0.2, 0) is 4.79 Å². The Hall–Kier alpha value is -1.63. The minimum atomic E-state index is -0.106. The highest BCUT2D eigenvalue weighted by atomic mass is 79.9. The van der Waals surface area contributed by atoms with Gasteiger partial charge in [-0.15, -0.1) is 0 Å². The molecule has 2 aromatic carbocycles. The smallest absolute Gasteiger partial charge is 0.247 e. The van der Waals surface area contributed by atoms with Gasteiger partial charge in [0.1, 0.15) is 0 Å². The van der Waals surface area contributed by atoms with Crippen LogP contribution in [0.1, 0.15) is 42.9 Å². The zero-order valence-electron chi connectivity index (χ0n) is 16.3. The van der Waals surface area contributed by atoms with Gasteiger partial charge in [-0.25, -0.2) is 5.01 Å². The van der Waals surface area contributed by atoms with E-state index in [0.29, 0.717) is 6.42 Å². The maximum Gasteiger partial charge on any atom is 0.247 e. The number of hydrogen-bond donors (Lipinski definition) is 2. The van der Waals surface area contributed by atoms with Crippen molar-refractivity contribution in [2.75, 3.05) is 19.6 Å². The molecule has 1 fully saturated rings. The molecule has 0 saturated carbocycles. The van der Waals surface area contributed by atoms with E-state index in [1.807, 2.05) is 29.3 Å². The zero-order valence-corrected chi connectivity index (χ0v) is 19.5. The molecule has 0 aliphatic carbocycles. The molecule has 1 saturated heterocycles. The number of piperidine rings is 1. The fourth-order valence-electron chi connectivity index (χ4n) is 4.09. The number of likely N-dealkylation sites (tertiary alicyclic amines) is 1. The second kappa shape index (κ2) is 9.45. The van der Waals surface area contributed by atoms with Crippen LogP contribution in [0.3, 0.4) is 0 Å². The number of rotatable bonds is 5. The Kier molecular flexibility index (Phi) is 6.73. The van der Waals surface area contributed by atoms with Crippen molar-refractivity contribution in [3.8, 4) is 0 Å². The Morgan fingerprint density at radius 1 is 0.966 bits per heavy atom. The molecule has 2 aliphatic rings. The van der Waals surface area contributed by atoms with Crippen molar-refractivity contribution in [1.82, 2.24) is 10.4 Å². The molecule has 29 heavy (non-hydrogen) atoms. The molecular formula is C23H26Br2N3O+. The average molecular weight is 520 g/mol. The zero-order chi connectivity index (χ0) is 20.2. The van der Waals surface area contributed by atoms with Crippen molar-refractivity contribution >= 4 is 43.5 Å². The van der Waals surface area contributed by atoms with E-state index >= 15 is 0 Å². The summed E-state index contributed by atoms with van der Waals surface area (Å²) < 4.78 is 2.08. The lowest BCUT2D eigenvalue weighted by atomic mass is 10.0. The Labute approximate surface area is 189 Å². The summed E-state index contributed by atoms with van der Waals surface area (Å²) in [4.78, 5) is 14.7. The number of amides is 1. The summed E-state index contributed by atoms with van der Waals surface area (Å²) >= 11 is 7.00. The summed E-state index contributed by atoms with van der Waals surface area (Å²) in [6, 6.07) is 16.3. The van der Waals surface area contributed by atoms with E-state index in [-0.39, 0.29) is 11.9 Å². The number of hydrazine groups is 1. The van der Waals surface area contributed by atoms with Gasteiger partial charge in [0.2, 0.25) is 5.91 Å². The predicted molar refractivity (Wildman–Crippen MR) is 123 cm³/mol. The van der Waals surface area contributed by atoms with Gasteiger partial charge in [-0.2, -0.15) is 0 Å². The van der Waals surface area contributed by atoms with Crippen molar-refractivity contribution in [2.24, 2.45) is 0 Å². The van der Waals surface area contributed by atoms with Crippen molar-refractivity contribution in [1.29, 1.82) is 0 Å². The standard InChI is InChI=1S/C23H25Br2N3O/c24-19-8-4-17(5-9-19)21-16-22(18-6-10-20(25)11-7-18)28(26-21)23(29)12-15-27-13-2-1-3-14-27/h4-11,16,22,26H,1-3,12-15H2/p+1/t22-/m1/s1. The number of nitrogens with zero attached hydrogens (tertiary/aromatic N) is 1. The van der Waals surface area contributed by atoms with Crippen LogP contribution in [0.4, 0.5) is 0 Å². The number of nitrogens with one attached hydrogen (secondary N) is 2. The fourth-order valence-corrected chi connectivity index (χ4v) is 4.62. The third kappa shape index (κ3) is 5.11. The van der Waals surface area contributed by atoms with E-state index in [1.54, 1.807) is 4.90 Å². The molecule has 1 amide bonds. The Morgan fingerprint density at radius 3 is 2.24 bits per heavy atom. The summed E-state index contributed by atoms with van der Waals surface area (Å²) in [7, 11) is 0. The van der Waals surface area contributed by atoms with Crippen molar-refractivity contribution in [3.63, 3.8) is 0 Å². The lowest BCUT2D eigenvalue weighted by molar-refractivity contribution is -0.904. The van der Waals surface area contributed by atoms with Crippen LogP contribution in [0, 0.1) is 0 Å². The van der Waals surface area contributed by atoms with Crippen LogP contribution < -0.4 is 10.3 Å². The molecule has 4 rings (SSSR count). The summed E-state index contributed by atoms with van der Waals surface area (Å²) in [5.41, 5.74) is 6.54. The van der Waals surface area contributed by atoms with Crippen molar-refractivity contribution in [2.45, 2.75) is 31.7 Å². The van der Waals surface area contributed by atoms with E-state index in [0.717, 1.165) is 32.3 Å². The van der Waals surface area contributed by atoms with Crippen LogP contribution in [0.2, 0.25) is 0 Å². The molecule has 1 atom stereocenters. The molecule has 0 radical (unpaired) electrons. The molecule has 0 spiro atoms. The third-order valence-electron chi connectivity index (χ3n) is 5.73. The summed E-state index contributed by atoms with van der Waals surface area (Å²) in [5.74, 6) is 0.152. The van der Waals surface area contributed by atoms with Gasteiger partial charge < -0.3 is 4.90 Å². The molecule has 2 N–H and O–H groups in total. The number of carbonyl (C=O) groups is 1. The molecule has 2 aromatic rings. The van der Waals surface area contributed by atoms with Crippen LogP contribution in [0.15, 0.2) is 63.6 Å². The maximum absolute atomic E-state index is 13.2. The Bertz CT molecular complexity index is 874. The van der Waals surface area contributed by atoms with Gasteiger partial charge in [-0.1, -0.05) is 56.1 Å². The summed E-state index contributed by atoms with van der Waals surface area (Å²) in [5, 5.41) is 1.81. The lowest BCUT2D eigenvalue weighted by Crippen LogP contribution is -3.12. The van der Waals surface area contributed by atoms with Gasteiger partial charge in [-0.05, 0) is 60.7 Å². The van der Waals surface area contributed by atoms with Gasteiger partial charge >= 0.3 is 0 Å². The topological polar surface area (TPSA) is 36.8 Å². The first-order chi connectivity index (χ1) is 14.1. The van der Waals surface area contributed by atoms with Crippen LogP contribution >= 0.6 is 31.9 Å². The molecule has 0 bridgehead atoms. The molecule has 2 aliphatic heterocycles. The second-order valence-electron chi connectivity index (χ2n) is 7.77. The predicted octanol–water partition coefficient (Wildman–Crippen LogP) is 4.10. The van der Waals surface area contributed by atoms with Crippen LogP contribution in [-0.4, -0.2) is 30.6 Å². The normalized spacial score (nSPS) is 19.7. The highest BCUT2D eigenvalue weighted by molar-refractivity contribution is 9.10. The lowest BCUT2D eigenvalue weighted by Gasteiger charge is -2.27. The first-order valence-electron chi connectivity index (χ1n) is 10.3. The first kappa shape index (κ1) is 20.6. The van der Waals surface area contributed by atoms with E-state index < -0.39 is 0 Å². The van der Waals surface area contributed by atoms with Gasteiger partial charge in [0, 0.05) is 8.95 Å². The second-order valence-corrected chi connectivity index (χ2v) is 9.60. The van der Waals surface area contributed by atoms with E-state index in [1.165, 1.54) is 32.4 Å². The van der Waals surface area contributed by atoms with E-state index in [9.17, 15) is 4.79 Å². The number of hydrogen-bond acceptors (Lipinski definition) is 2. The van der Waals surface area contributed by atoms with Crippen LogP contribution in [0.5, 0.6) is 0 Å². The molecule has 0 aromatic heterocycles. The highest BCUT2D eigenvalue weighted by Gasteiger charge is 2.31. The fraction of sp³-hybridized carbons (Fsp3) is 0.348. The Morgan fingerprint density at radius 2 is 1.59 bits per heavy atom. The minimum Gasteiger partial charge on any atom is -0.335 e. The Balaban J connectivity index is 1.53.